The van der Waals surface area contributed by atoms with Crippen LogP contribution >= 0.6 is 15.9 Å². The van der Waals surface area contributed by atoms with Crippen LogP contribution in [0.25, 0.3) is 6.08 Å². The highest BCUT2D eigenvalue weighted by Gasteiger charge is 2.30. The first-order chi connectivity index (χ1) is 13.2. The minimum Gasteiger partial charge on any atom is -0.503 e. The van der Waals surface area contributed by atoms with Gasteiger partial charge in [0.25, 0.3) is 5.91 Å². The largest absolute Gasteiger partial charge is 0.503 e. The Morgan fingerprint density at radius 1 is 1.36 bits per heavy atom. The van der Waals surface area contributed by atoms with Gasteiger partial charge in [0.2, 0.25) is 0 Å². The molecule has 0 saturated heterocycles. The quantitative estimate of drug-likeness (QED) is 0.485. The van der Waals surface area contributed by atoms with E-state index in [1.165, 1.54) is 24.3 Å². The van der Waals surface area contributed by atoms with Crippen LogP contribution in [0.3, 0.4) is 0 Å². The molecule has 0 unspecified atom stereocenters. The Labute approximate surface area is 167 Å². The SMILES string of the molecule is CCOc1cc(/C=C(/C#N)C(=O)Nc2cccc(C(F)(F)F)c2)cc(Br)c1O. The molecule has 0 aromatic heterocycles. The number of hydrogen-bond donors (Lipinski definition) is 2. The van der Waals surface area contributed by atoms with Crippen molar-refractivity contribution in [2.24, 2.45) is 0 Å². The topological polar surface area (TPSA) is 82.3 Å². The van der Waals surface area contributed by atoms with E-state index in [-0.39, 0.29) is 29.4 Å². The van der Waals surface area contributed by atoms with Gasteiger partial charge in [-0.25, -0.2) is 0 Å². The van der Waals surface area contributed by atoms with Gasteiger partial charge in [0.05, 0.1) is 16.6 Å². The Balaban J connectivity index is 2.31. The zero-order chi connectivity index (χ0) is 20.9. The predicted octanol–water partition coefficient (Wildman–Crippen LogP) is 5.12. The zero-order valence-electron chi connectivity index (χ0n) is 14.5. The van der Waals surface area contributed by atoms with Gasteiger partial charge < -0.3 is 15.2 Å². The number of phenols is 1. The van der Waals surface area contributed by atoms with Gasteiger partial charge in [-0.1, -0.05) is 6.07 Å². The third-order valence-electron chi connectivity index (χ3n) is 3.47. The van der Waals surface area contributed by atoms with E-state index in [0.717, 1.165) is 18.2 Å². The molecule has 5 nitrogen and oxygen atoms in total. The molecular weight excluding hydrogens is 441 g/mol. The van der Waals surface area contributed by atoms with Crippen LogP contribution in [0.5, 0.6) is 11.5 Å². The monoisotopic (exact) mass is 454 g/mol. The van der Waals surface area contributed by atoms with Crippen LogP contribution in [0.15, 0.2) is 46.4 Å². The Morgan fingerprint density at radius 2 is 2.07 bits per heavy atom. The number of nitriles is 1. The number of hydrogen-bond acceptors (Lipinski definition) is 4. The first-order valence-corrected chi connectivity index (χ1v) is 8.70. The number of alkyl halides is 3. The number of carbonyl (C=O) groups excluding carboxylic acids is 1. The first kappa shape index (κ1) is 21.3. The summed E-state index contributed by atoms with van der Waals surface area (Å²) in [6, 6.07) is 8.69. The molecule has 0 aliphatic carbocycles. The van der Waals surface area contributed by atoms with Crippen molar-refractivity contribution in [2.75, 3.05) is 11.9 Å². The van der Waals surface area contributed by atoms with E-state index in [9.17, 15) is 28.3 Å². The molecule has 0 fully saturated rings. The minimum atomic E-state index is -4.55. The molecule has 0 spiro atoms. The highest BCUT2D eigenvalue weighted by Crippen LogP contribution is 2.36. The normalized spacial score (nSPS) is 11.6. The van der Waals surface area contributed by atoms with E-state index in [1.54, 1.807) is 13.0 Å². The number of halogens is 4. The number of phenolic OH excluding ortho intramolecular Hbond substituents is 1. The zero-order valence-corrected chi connectivity index (χ0v) is 16.1. The van der Waals surface area contributed by atoms with E-state index < -0.39 is 17.6 Å². The maximum Gasteiger partial charge on any atom is 0.416 e. The predicted molar refractivity (Wildman–Crippen MR) is 101 cm³/mol. The Kier molecular flexibility index (Phi) is 6.70. The van der Waals surface area contributed by atoms with Crippen molar-refractivity contribution in [2.45, 2.75) is 13.1 Å². The maximum atomic E-state index is 12.8. The maximum absolute atomic E-state index is 12.8. The van der Waals surface area contributed by atoms with Gasteiger partial charge >= 0.3 is 6.18 Å². The van der Waals surface area contributed by atoms with Crippen molar-refractivity contribution < 1.29 is 27.8 Å². The number of nitrogens with zero attached hydrogens (tertiary/aromatic N) is 1. The molecule has 9 heteroatoms. The molecule has 0 bridgehead atoms. The Hall–Kier alpha value is -2.99. The Morgan fingerprint density at radius 3 is 2.68 bits per heavy atom. The molecule has 146 valence electrons. The Bertz CT molecular complexity index is 966. The van der Waals surface area contributed by atoms with Crippen molar-refractivity contribution >= 4 is 33.6 Å². The molecule has 0 saturated carbocycles. The number of aromatic hydroxyl groups is 1. The lowest BCUT2D eigenvalue weighted by Crippen LogP contribution is -2.14. The molecule has 0 radical (unpaired) electrons. The molecule has 28 heavy (non-hydrogen) atoms. The van der Waals surface area contributed by atoms with E-state index in [0.29, 0.717) is 10.0 Å². The van der Waals surface area contributed by atoms with E-state index in [4.69, 9.17) is 4.74 Å². The van der Waals surface area contributed by atoms with Gasteiger partial charge in [-0.2, -0.15) is 18.4 Å². The van der Waals surface area contributed by atoms with Gasteiger partial charge in [0.1, 0.15) is 11.6 Å². The summed E-state index contributed by atoms with van der Waals surface area (Å²) in [5, 5.41) is 21.4. The molecule has 1 amide bonds. The second kappa shape index (κ2) is 8.80. The summed E-state index contributed by atoms with van der Waals surface area (Å²) in [6.07, 6.45) is -3.32. The highest BCUT2D eigenvalue weighted by atomic mass is 79.9. The molecule has 2 N–H and O–H groups in total. The van der Waals surface area contributed by atoms with Crippen LogP contribution in [0.4, 0.5) is 18.9 Å². The van der Waals surface area contributed by atoms with Crippen molar-refractivity contribution in [1.29, 1.82) is 5.26 Å². The summed E-state index contributed by atoms with van der Waals surface area (Å²) in [5.41, 5.74) is -0.971. The number of amides is 1. The third-order valence-corrected chi connectivity index (χ3v) is 4.08. The lowest BCUT2D eigenvalue weighted by atomic mass is 10.1. The van der Waals surface area contributed by atoms with Crippen LogP contribution < -0.4 is 10.1 Å². The lowest BCUT2D eigenvalue weighted by molar-refractivity contribution is -0.137. The fourth-order valence-electron chi connectivity index (χ4n) is 2.23. The van der Waals surface area contributed by atoms with Gasteiger partial charge in [-0.05, 0) is 64.8 Å². The molecule has 2 rings (SSSR count). The van der Waals surface area contributed by atoms with Crippen LogP contribution in [-0.2, 0) is 11.0 Å². The van der Waals surface area contributed by atoms with E-state index in [1.807, 2.05) is 0 Å². The second-order valence-electron chi connectivity index (χ2n) is 5.48. The fourth-order valence-corrected chi connectivity index (χ4v) is 2.69. The summed E-state index contributed by atoms with van der Waals surface area (Å²) in [7, 11) is 0. The molecule has 2 aromatic carbocycles. The number of carbonyl (C=O) groups is 1. The smallest absolute Gasteiger partial charge is 0.416 e. The number of nitrogens with one attached hydrogen (secondary N) is 1. The third kappa shape index (κ3) is 5.27. The number of benzene rings is 2. The molecule has 0 aliphatic heterocycles. The van der Waals surface area contributed by atoms with Crippen LogP contribution in [0.2, 0.25) is 0 Å². The molecular formula is C19H14BrF3N2O3. The van der Waals surface area contributed by atoms with Gasteiger partial charge in [-0.3, -0.25) is 4.79 Å². The molecule has 0 atom stereocenters. The second-order valence-corrected chi connectivity index (χ2v) is 6.34. The van der Waals surface area contributed by atoms with Crippen molar-refractivity contribution in [3.8, 4) is 17.6 Å². The standard InChI is InChI=1S/C19H14BrF3N2O3/c1-2-28-16-8-11(7-15(20)17(16)26)6-12(10-24)18(27)25-14-5-3-4-13(9-14)19(21,22)23/h3-9,26H,2H2,1H3,(H,25,27)/b12-6-. The minimum absolute atomic E-state index is 0.0946. The molecule has 2 aromatic rings. The van der Waals surface area contributed by atoms with Gasteiger partial charge in [0.15, 0.2) is 11.5 Å². The van der Waals surface area contributed by atoms with E-state index >= 15 is 0 Å². The summed E-state index contributed by atoms with van der Waals surface area (Å²) in [4.78, 5) is 12.3. The highest BCUT2D eigenvalue weighted by molar-refractivity contribution is 9.10. The van der Waals surface area contributed by atoms with Crippen LogP contribution in [-0.4, -0.2) is 17.6 Å². The summed E-state index contributed by atoms with van der Waals surface area (Å²) < 4.78 is 43.9. The van der Waals surface area contributed by atoms with Gasteiger partial charge in [0, 0.05) is 5.69 Å². The van der Waals surface area contributed by atoms with Crippen LogP contribution in [0.1, 0.15) is 18.1 Å². The number of anilines is 1. The van der Waals surface area contributed by atoms with Crippen LogP contribution in [0, 0.1) is 11.3 Å². The van der Waals surface area contributed by atoms with Crippen molar-refractivity contribution in [1.82, 2.24) is 0 Å². The summed E-state index contributed by atoms with van der Waals surface area (Å²) in [6.45, 7) is 2.01. The van der Waals surface area contributed by atoms with E-state index in [2.05, 4.69) is 21.2 Å². The fraction of sp³-hybridized carbons (Fsp3) is 0.158. The number of rotatable bonds is 5. The molecule has 0 aliphatic rings. The average Bonchev–Trinajstić information content (AvgIpc) is 2.63. The summed E-state index contributed by atoms with van der Waals surface area (Å²) in [5.74, 6) is -0.853. The average molecular weight is 455 g/mol. The first-order valence-electron chi connectivity index (χ1n) is 7.91. The van der Waals surface area contributed by atoms with Crippen molar-refractivity contribution in [3.05, 3.63) is 57.6 Å². The molecule has 0 heterocycles. The summed E-state index contributed by atoms with van der Waals surface area (Å²) >= 11 is 3.15. The van der Waals surface area contributed by atoms with Gasteiger partial charge in [-0.15, -0.1) is 0 Å². The lowest BCUT2D eigenvalue weighted by Gasteiger charge is -2.10. The number of ether oxygens (including phenoxy) is 1. The van der Waals surface area contributed by atoms with Crippen molar-refractivity contribution in [3.63, 3.8) is 0 Å².